The van der Waals surface area contributed by atoms with Gasteiger partial charge in [0.2, 0.25) is 0 Å². The first kappa shape index (κ1) is 12.6. The van der Waals surface area contributed by atoms with Gasteiger partial charge in [-0.05, 0) is 18.6 Å². The van der Waals surface area contributed by atoms with Crippen LogP contribution in [-0.4, -0.2) is 0 Å². The summed E-state index contributed by atoms with van der Waals surface area (Å²) in [7, 11) is 0. The lowest BCUT2D eigenvalue weighted by Crippen LogP contribution is -2.14. The Balaban J connectivity index is 2.46. The average molecular weight is 251 g/mol. The molecular weight excluding hydrogens is 239 g/mol. The molecule has 0 saturated carbocycles. The number of hydrogen-bond donors (Lipinski definition) is 1. The molecular formula is C14H12F3N. The highest BCUT2D eigenvalue weighted by Crippen LogP contribution is 2.24. The third kappa shape index (κ3) is 2.38. The van der Waals surface area contributed by atoms with E-state index in [-0.39, 0.29) is 5.56 Å². The van der Waals surface area contributed by atoms with E-state index in [2.05, 4.69) is 0 Å². The van der Waals surface area contributed by atoms with Gasteiger partial charge in [0.1, 0.15) is 5.82 Å². The van der Waals surface area contributed by atoms with E-state index in [0.29, 0.717) is 11.6 Å². The van der Waals surface area contributed by atoms with E-state index in [1.807, 2.05) is 13.0 Å². The van der Waals surface area contributed by atoms with Crippen LogP contribution in [0.4, 0.5) is 13.2 Å². The quantitative estimate of drug-likeness (QED) is 0.813. The van der Waals surface area contributed by atoms with E-state index < -0.39 is 23.5 Å². The van der Waals surface area contributed by atoms with E-state index in [0.717, 1.165) is 11.6 Å². The molecule has 0 aliphatic carbocycles. The van der Waals surface area contributed by atoms with Gasteiger partial charge in [-0.15, -0.1) is 0 Å². The second-order valence-corrected chi connectivity index (χ2v) is 4.18. The summed E-state index contributed by atoms with van der Waals surface area (Å²) in [6.07, 6.45) is 0. The van der Waals surface area contributed by atoms with Crippen LogP contribution in [0.2, 0.25) is 0 Å². The molecule has 1 unspecified atom stereocenters. The Morgan fingerprint density at radius 3 is 2.28 bits per heavy atom. The summed E-state index contributed by atoms with van der Waals surface area (Å²) in [6.45, 7) is 1.87. The molecule has 2 aromatic carbocycles. The van der Waals surface area contributed by atoms with Gasteiger partial charge in [-0.3, -0.25) is 0 Å². The lowest BCUT2D eigenvalue weighted by atomic mass is 9.97. The van der Waals surface area contributed by atoms with Gasteiger partial charge < -0.3 is 5.73 Å². The van der Waals surface area contributed by atoms with E-state index in [1.165, 1.54) is 0 Å². The largest absolute Gasteiger partial charge is 0.320 e. The molecule has 1 atom stereocenters. The molecule has 4 heteroatoms. The second kappa shape index (κ2) is 4.82. The fourth-order valence-corrected chi connectivity index (χ4v) is 1.82. The summed E-state index contributed by atoms with van der Waals surface area (Å²) in [4.78, 5) is 0. The first-order valence-corrected chi connectivity index (χ1v) is 5.45. The van der Waals surface area contributed by atoms with Crippen LogP contribution in [0.1, 0.15) is 22.7 Å². The van der Waals surface area contributed by atoms with Crippen molar-refractivity contribution in [3.05, 3.63) is 70.5 Å². The van der Waals surface area contributed by atoms with Crippen LogP contribution in [0, 0.1) is 24.4 Å². The number of benzene rings is 2. The third-order valence-corrected chi connectivity index (χ3v) is 2.78. The number of halogens is 3. The second-order valence-electron chi connectivity index (χ2n) is 4.18. The topological polar surface area (TPSA) is 26.0 Å². The maximum Gasteiger partial charge on any atom is 0.161 e. The monoisotopic (exact) mass is 251 g/mol. The van der Waals surface area contributed by atoms with Crippen LogP contribution in [0.3, 0.4) is 0 Å². The number of nitrogens with two attached hydrogens (primary N) is 1. The van der Waals surface area contributed by atoms with E-state index >= 15 is 0 Å². The molecule has 0 aromatic heterocycles. The molecule has 2 rings (SSSR count). The van der Waals surface area contributed by atoms with E-state index in [4.69, 9.17) is 5.73 Å². The minimum absolute atomic E-state index is 0.0560. The van der Waals surface area contributed by atoms with Crippen molar-refractivity contribution < 1.29 is 13.2 Å². The predicted molar refractivity (Wildman–Crippen MR) is 63.5 cm³/mol. The molecule has 0 fully saturated rings. The molecule has 0 heterocycles. The van der Waals surface area contributed by atoms with Crippen LogP contribution in [0.5, 0.6) is 0 Å². The van der Waals surface area contributed by atoms with Crippen molar-refractivity contribution in [2.24, 2.45) is 5.73 Å². The molecule has 0 spiro atoms. The van der Waals surface area contributed by atoms with Crippen LogP contribution in [0.15, 0.2) is 36.4 Å². The van der Waals surface area contributed by atoms with Crippen LogP contribution in [-0.2, 0) is 0 Å². The van der Waals surface area contributed by atoms with Crippen molar-refractivity contribution in [3.8, 4) is 0 Å². The normalized spacial score (nSPS) is 12.5. The summed E-state index contributed by atoms with van der Waals surface area (Å²) in [5.74, 6) is -3.16. The first-order chi connectivity index (χ1) is 8.49. The van der Waals surface area contributed by atoms with Crippen LogP contribution >= 0.6 is 0 Å². The molecule has 0 radical (unpaired) electrons. The molecule has 0 bridgehead atoms. The van der Waals surface area contributed by atoms with Crippen molar-refractivity contribution >= 4 is 0 Å². The summed E-state index contributed by atoms with van der Waals surface area (Å²) in [6, 6.07) is 7.65. The van der Waals surface area contributed by atoms with Crippen molar-refractivity contribution in [1.82, 2.24) is 0 Å². The fourth-order valence-electron chi connectivity index (χ4n) is 1.82. The van der Waals surface area contributed by atoms with Gasteiger partial charge in [0.25, 0.3) is 0 Å². The Labute approximate surface area is 103 Å². The number of aryl methyl sites for hydroxylation is 1. The molecule has 0 amide bonds. The predicted octanol–water partition coefficient (Wildman–Crippen LogP) is 3.46. The van der Waals surface area contributed by atoms with Crippen molar-refractivity contribution in [2.45, 2.75) is 13.0 Å². The highest BCUT2D eigenvalue weighted by molar-refractivity contribution is 5.34. The molecule has 2 N–H and O–H groups in total. The van der Waals surface area contributed by atoms with Gasteiger partial charge >= 0.3 is 0 Å². The molecule has 2 aromatic rings. The Morgan fingerprint density at radius 1 is 0.944 bits per heavy atom. The minimum atomic E-state index is -1.22. The Kier molecular flexibility index (Phi) is 3.39. The standard InChI is InChI=1S/C14H12F3N/c1-8-3-2-4-9(5-8)14(18)10-6-12(16)13(17)7-11(10)15/h2-7,14H,18H2,1H3. The molecule has 1 nitrogen and oxygen atoms in total. The third-order valence-electron chi connectivity index (χ3n) is 2.78. The van der Waals surface area contributed by atoms with Crippen molar-refractivity contribution in [3.63, 3.8) is 0 Å². The van der Waals surface area contributed by atoms with E-state index in [9.17, 15) is 13.2 Å². The highest BCUT2D eigenvalue weighted by Gasteiger charge is 2.17. The van der Waals surface area contributed by atoms with Gasteiger partial charge in [-0.25, -0.2) is 13.2 Å². The fraction of sp³-hybridized carbons (Fsp3) is 0.143. The smallest absolute Gasteiger partial charge is 0.161 e. The number of rotatable bonds is 2. The molecule has 0 aliphatic heterocycles. The van der Waals surface area contributed by atoms with Crippen molar-refractivity contribution in [2.75, 3.05) is 0 Å². The maximum atomic E-state index is 13.6. The van der Waals surface area contributed by atoms with Gasteiger partial charge in [-0.1, -0.05) is 29.8 Å². The number of hydrogen-bond acceptors (Lipinski definition) is 1. The van der Waals surface area contributed by atoms with Gasteiger partial charge in [0.05, 0.1) is 6.04 Å². The lowest BCUT2D eigenvalue weighted by Gasteiger charge is -2.14. The molecule has 0 saturated heterocycles. The summed E-state index contributed by atoms with van der Waals surface area (Å²) < 4.78 is 39.5. The zero-order valence-corrected chi connectivity index (χ0v) is 9.75. The first-order valence-electron chi connectivity index (χ1n) is 5.45. The maximum absolute atomic E-state index is 13.6. The Hall–Kier alpha value is -1.81. The lowest BCUT2D eigenvalue weighted by molar-refractivity contribution is 0.487. The average Bonchev–Trinajstić information content (AvgIpc) is 2.33. The summed E-state index contributed by atoms with van der Waals surface area (Å²) in [5, 5.41) is 0. The SMILES string of the molecule is Cc1cccc(C(N)c2cc(F)c(F)cc2F)c1. The zero-order chi connectivity index (χ0) is 13.3. The van der Waals surface area contributed by atoms with E-state index in [1.54, 1.807) is 18.2 Å². The van der Waals surface area contributed by atoms with Gasteiger partial charge in [0.15, 0.2) is 11.6 Å². The van der Waals surface area contributed by atoms with Crippen LogP contribution < -0.4 is 5.73 Å². The molecule has 0 aliphatic rings. The highest BCUT2D eigenvalue weighted by atomic mass is 19.2. The van der Waals surface area contributed by atoms with Gasteiger partial charge in [-0.2, -0.15) is 0 Å². The Morgan fingerprint density at radius 2 is 1.61 bits per heavy atom. The van der Waals surface area contributed by atoms with Gasteiger partial charge in [0, 0.05) is 11.6 Å². The minimum Gasteiger partial charge on any atom is -0.320 e. The zero-order valence-electron chi connectivity index (χ0n) is 9.75. The summed E-state index contributed by atoms with van der Waals surface area (Å²) >= 11 is 0. The summed E-state index contributed by atoms with van der Waals surface area (Å²) in [5.41, 5.74) is 7.44. The molecule has 18 heavy (non-hydrogen) atoms. The molecule has 94 valence electrons. The Bertz CT molecular complexity index is 581. The van der Waals surface area contributed by atoms with Crippen LogP contribution in [0.25, 0.3) is 0 Å². The van der Waals surface area contributed by atoms with Crippen molar-refractivity contribution in [1.29, 1.82) is 0 Å².